The molecule has 31 heavy (non-hydrogen) atoms. The maximum atomic E-state index is 11.5. The van der Waals surface area contributed by atoms with Gasteiger partial charge in [-0.15, -0.1) is 0 Å². The summed E-state index contributed by atoms with van der Waals surface area (Å²) in [5.41, 5.74) is 3.26. The highest BCUT2D eigenvalue weighted by atomic mass is 16.5. The molecule has 2 heterocycles. The van der Waals surface area contributed by atoms with Crippen molar-refractivity contribution in [3.63, 3.8) is 0 Å². The van der Waals surface area contributed by atoms with Crippen LogP contribution in [0.1, 0.15) is 61.5 Å². The summed E-state index contributed by atoms with van der Waals surface area (Å²) < 4.78 is 6.39. The number of amides is 1. The lowest BCUT2D eigenvalue weighted by molar-refractivity contribution is -0.115. The first-order valence-electron chi connectivity index (χ1n) is 11.2. The number of aryl methyl sites for hydroxylation is 1. The molecule has 1 amide bonds. The Morgan fingerprint density at radius 2 is 1.94 bits per heavy atom. The highest BCUT2D eigenvalue weighted by Gasteiger charge is 2.43. The van der Waals surface area contributed by atoms with E-state index in [-0.39, 0.29) is 11.5 Å². The lowest BCUT2D eigenvalue weighted by atomic mass is 9.81. The Balaban J connectivity index is 1.33. The van der Waals surface area contributed by atoms with E-state index in [9.17, 15) is 15.0 Å². The van der Waals surface area contributed by atoms with E-state index in [0.717, 1.165) is 54.1 Å². The number of aliphatic hydroxyl groups is 2. The minimum atomic E-state index is -0.591. The molecule has 2 atom stereocenters. The van der Waals surface area contributed by atoms with Crippen molar-refractivity contribution in [1.82, 2.24) is 4.90 Å². The summed E-state index contributed by atoms with van der Waals surface area (Å²) in [5.74, 6) is 0.774. The smallest absolute Gasteiger partial charge is 0.224 e. The molecule has 0 radical (unpaired) electrons. The summed E-state index contributed by atoms with van der Waals surface area (Å²) in [6, 6.07) is 13.4. The monoisotopic (exact) mass is 424 g/mol. The normalized spacial score (nSPS) is 21.2. The number of hydrogen-bond donors (Lipinski definition) is 3. The standard InChI is InChI=1S/C25H32N2O4/c1-3-24(30)26-19-7-5-18(6-8-19)22(29)16-27-12-10-25(11-13-27)15-21(28)20-14-17(2)4-9-23(20)31-25/h4-9,14,21-22,28-29H,3,10-13,15-16H2,1-2H3,(H,26,30)/t21-,22-/m0/s1. The van der Waals surface area contributed by atoms with Crippen LogP contribution in [0.15, 0.2) is 42.5 Å². The first kappa shape index (κ1) is 21.8. The zero-order chi connectivity index (χ0) is 22.0. The molecule has 2 aromatic carbocycles. The number of β-amino-alcohol motifs (C(OH)–C–C–N with tert-alkyl or cyclic N) is 1. The van der Waals surface area contributed by atoms with Gasteiger partial charge in [0.2, 0.25) is 5.91 Å². The minimum Gasteiger partial charge on any atom is -0.487 e. The number of rotatable bonds is 5. The molecule has 4 rings (SSSR count). The molecular weight excluding hydrogens is 392 g/mol. The van der Waals surface area contributed by atoms with Crippen LogP contribution in [0.2, 0.25) is 0 Å². The predicted octanol–water partition coefficient (Wildman–Crippen LogP) is 3.73. The van der Waals surface area contributed by atoms with Crippen LogP contribution in [0.5, 0.6) is 5.75 Å². The second-order valence-electron chi connectivity index (χ2n) is 8.89. The number of hydrogen-bond acceptors (Lipinski definition) is 5. The van der Waals surface area contributed by atoms with Crippen LogP contribution in [-0.2, 0) is 4.79 Å². The third kappa shape index (κ3) is 4.92. The molecule has 2 aromatic rings. The van der Waals surface area contributed by atoms with Crippen molar-refractivity contribution < 1.29 is 19.7 Å². The first-order chi connectivity index (χ1) is 14.9. The fourth-order valence-corrected chi connectivity index (χ4v) is 4.60. The molecule has 0 saturated carbocycles. The second-order valence-corrected chi connectivity index (χ2v) is 8.89. The topological polar surface area (TPSA) is 82.0 Å². The van der Waals surface area contributed by atoms with Gasteiger partial charge in [0.05, 0.1) is 12.2 Å². The van der Waals surface area contributed by atoms with Gasteiger partial charge < -0.3 is 25.2 Å². The van der Waals surface area contributed by atoms with Crippen LogP contribution >= 0.6 is 0 Å². The molecule has 0 aliphatic carbocycles. The van der Waals surface area contributed by atoms with Crippen LogP contribution in [0, 0.1) is 6.92 Å². The predicted molar refractivity (Wildman–Crippen MR) is 120 cm³/mol. The number of piperidine rings is 1. The summed E-state index contributed by atoms with van der Waals surface area (Å²) in [7, 11) is 0. The van der Waals surface area contributed by atoms with E-state index >= 15 is 0 Å². The molecule has 2 aliphatic rings. The number of benzene rings is 2. The summed E-state index contributed by atoms with van der Waals surface area (Å²) in [6.45, 7) is 6.02. The van der Waals surface area contributed by atoms with Gasteiger partial charge in [0.1, 0.15) is 11.4 Å². The molecule has 0 bridgehead atoms. The maximum absolute atomic E-state index is 11.5. The van der Waals surface area contributed by atoms with Crippen LogP contribution in [-0.4, -0.2) is 46.3 Å². The number of carbonyl (C=O) groups excluding carboxylic acids is 1. The second kappa shape index (κ2) is 8.99. The first-order valence-corrected chi connectivity index (χ1v) is 11.2. The van der Waals surface area contributed by atoms with E-state index in [0.29, 0.717) is 19.4 Å². The average Bonchev–Trinajstić information content (AvgIpc) is 2.76. The number of fused-ring (bicyclic) bond motifs is 1. The van der Waals surface area contributed by atoms with Gasteiger partial charge in [-0.1, -0.05) is 30.7 Å². The Labute approximate surface area is 183 Å². The average molecular weight is 425 g/mol. The zero-order valence-corrected chi connectivity index (χ0v) is 18.3. The number of aliphatic hydroxyl groups excluding tert-OH is 2. The van der Waals surface area contributed by atoms with Gasteiger partial charge in [-0.3, -0.25) is 4.79 Å². The van der Waals surface area contributed by atoms with E-state index in [1.54, 1.807) is 0 Å². The van der Waals surface area contributed by atoms with Crippen LogP contribution < -0.4 is 10.1 Å². The van der Waals surface area contributed by atoms with Gasteiger partial charge in [0.15, 0.2) is 0 Å². The summed E-state index contributed by atoms with van der Waals surface area (Å²) in [5, 5.41) is 24.2. The summed E-state index contributed by atoms with van der Waals surface area (Å²) in [4.78, 5) is 13.8. The molecule has 0 unspecified atom stereocenters. The van der Waals surface area contributed by atoms with E-state index in [2.05, 4.69) is 10.2 Å². The molecule has 0 aromatic heterocycles. The molecule has 6 nitrogen and oxygen atoms in total. The Morgan fingerprint density at radius 3 is 2.61 bits per heavy atom. The number of anilines is 1. The minimum absolute atomic E-state index is 0.0247. The van der Waals surface area contributed by atoms with E-state index in [1.807, 2.05) is 56.3 Å². The van der Waals surface area contributed by atoms with E-state index < -0.39 is 12.2 Å². The van der Waals surface area contributed by atoms with Gasteiger partial charge in [0, 0.05) is 43.7 Å². The summed E-state index contributed by atoms with van der Waals surface area (Å²) >= 11 is 0. The largest absolute Gasteiger partial charge is 0.487 e. The maximum Gasteiger partial charge on any atom is 0.224 e. The van der Waals surface area contributed by atoms with Crippen molar-refractivity contribution in [3.8, 4) is 5.75 Å². The molecule has 166 valence electrons. The van der Waals surface area contributed by atoms with Crippen molar-refractivity contribution >= 4 is 11.6 Å². The quantitative estimate of drug-likeness (QED) is 0.681. The molecule has 6 heteroatoms. The highest BCUT2D eigenvalue weighted by molar-refractivity contribution is 5.90. The third-order valence-corrected chi connectivity index (χ3v) is 6.51. The van der Waals surface area contributed by atoms with Gasteiger partial charge in [0.25, 0.3) is 0 Å². The number of nitrogens with zero attached hydrogens (tertiary/aromatic N) is 1. The Morgan fingerprint density at radius 1 is 1.23 bits per heavy atom. The number of ether oxygens (including phenoxy) is 1. The fourth-order valence-electron chi connectivity index (χ4n) is 4.60. The van der Waals surface area contributed by atoms with Gasteiger partial charge >= 0.3 is 0 Å². The van der Waals surface area contributed by atoms with Crippen molar-refractivity contribution in [1.29, 1.82) is 0 Å². The molecule has 1 spiro atoms. The Hall–Kier alpha value is -2.41. The Bertz CT molecular complexity index is 920. The van der Waals surface area contributed by atoms with E-state index in [4.69, 9.17) is 4.74 Å². The summed E-state index contributed by atoms with van der Waals surface area (Å²) in [6.07, 6.45) is 1.62. The van der Waals surface area contributed by atoms with Crippen LogP contribution in [0.25, 0.3) is 0 Å². The molecular formula is C25H32N2O4. The SMILES string of the molecule is CCC(=O)Nc1ccc([C@@H](O)CN2CCC3(CC2)C[C@H](O)c2cc(C)ccc2O3)cc1. The number of nitrogens with one attached hydrogen (secondary N) is 1. The molecule has 1 saturated heterocycles. The van der Waals surface area contributed by atoms with Crippen LogP contribution in [0.4, 0.5) is 5.69 Å². The van der Waals surface area contributed by atoms with Crippen molar-refractivity contribution in [2.24, 2.45) is 0 Å². The van der Waals surface area contributed by atoms with Crippen molar-refractivity contribution in [2.75, 3.05) is 25.0 Å². The van der Waals surface area contributed by atoms with Crippen LogP contribution in [0.3, 0.4) is 0 Å². The number of carbonyl (C=O) groups is 1. The lowest BCUT2D eigenvalue weighted by Crippen LogP contribution is -2.51. The van der Waals surface area contributed by atoms with Gasteiger partial charge in [-0.2, -0.15) is 0 Å². The Kier molecular flexibility index (Phi) is 6.32. The zero-order valence-electron chi connectivity index (χ0n) is 18.3. The fraction of sp³-hybridized carbons (Fsp3) is 0.480. The van der Waals surface area contributed by atoms with E-state index in [1.165, 1.54) is 0 Å². The molecule has 2 aliphatic heterocycles. The van der Waals surface area contributed by atoms with Crippen molar-refractivity contribution in [2.45, 2.75) is 57.3 Å². The molecule has 1 fully saturated rings. The van der Waals surface area contributed by atoms with Gasteiger partial charge in [-0.05, 0) is 49.6 Å². The van der Waals surface area contributed by atoms with Crippen molar-refractivity contribution in [3.05, 3.63) is 59.2 Å². The van der Waals surface area contributed by atoms with Gasteiger partial charge in [-0.25, -0.2) is 0 Å². The third-order valence-electron chi connectivity index (χ3n) is 6.51. The number of likely N-dealkylation sites (tertiary alicyclic amines) is 1. The highest BCUT2D eigenvalue weighted by Crippen LogP contribution is 2.44. The molecule has 3 N–H and O–H groups in total. The lowest BCUT2D eigenvalue weighted by Gasteiger charge is -2.46.